The topological polar surface area (TPSA) is 24.6 Å². The molecule has 124 heavy (non-hydrogen) atoms. The lowest BCUT2D eigenvalue weighted by Gasteiger charge is -2.09. The second-order valence-corrected chi connectivity index (χ2v) is 32.3. The summed E-state index contributed by atoms with van der Waals surface area (Å²) in [5.41, 5.74) is 35.1. The van der Waals surface area contributed by atoms with Gasteiger partial charge in [-0.3, -0.25) is 0 Å². The number of hydrogen-bond acceptors (Lipinski definition) is 0. The van der Waals surface area contributed by atoms with Gasteiger partial charge >= 0.3 is 0 Å². The third kappa shape index (κ3) is 15.0. The first-order chi connectivity index (χ1) is 61.1. The Morgan fingerprint density at radius 2 is 0.339 bits per heavy atom. The van der Waals surface area contributed by atoms with E-state index in [9.17, 15) is 0 Å². The molecule has 0 radical (unpaired) electrons. The molecule has 0 N–H and O–H groups in total. The van der Waals surface area contributed by atoms with Gasteiger partial charge in [0.15, 0.2) is 0 Å². The molecule has 592 valence electrons. The average Bonchev–Trinajstić information content (AvgIpc) is 1.59. The Morgan fingerprint density at radius 3 is 0.637 bits per heavy atom. The molecule has 0 bridgehead atoms. The molecule has 0 atom stereocenters. The van der Waals surface area contributed by atoms with Crippen molar-refractivity contribution in [3.05, 3.63) is 478 Å². The number of fused-ring (bicyclic) bond motifs is 15. The van der Waals surface area contributed by atoms with Gasteiger partial charge in [-0.05, 0) is 227 Å². The molecule has 0 amide bonds. The Kier molecular flexibility index (Phi) is 20.9. The fourth-order valence-corrected chi connectivity index (χ4v) is 18.2. The zero-order valence-electron chi connectivity index (χ0n) is 70.1. The second-order valence-electron chi connectivity index (χ2n) is 32.3. The van der Waals surface area contributed by atoms with Crippen LogP contribution in [0, 0.1) is 20.8 Å². The summed E-state index contributed by atoms with van der Waals surface area (Å²) < 4.78 is 11.6. The summed E-state index contributed by atoms with van der Waals surface area (Å²) in [6.45, 7) is 6.40. The molecule has 5 heteroatoms. The standard InChI is InChI=1S/C31H23N.2C25H19N.2C19H15N/c1-22-12-16-27(17-13-22)32-30-18-14-25(23-8-4-2-5-9-23)20-28(30)29-21-26(15-19-31(29)32)24-10-6-3-7-11-24;1-26-24-14-12-20(18-8-4-2-5-9-18)16-22(24)23-17-21(13-15-25(23)26)19-10-6-3-7-11-19;1-18-11-14-21(15-12-18)26-24-10-6-5-9-22(24)23-17-20(13-16-25(23)26)19-7-3-2-4-8-19;1-14-7-6-8-15(13-14)20-18-11-4-2-9-16(18)17-10-3-5-12-19(17)20;1-20-18-10-6-5-9-16(18)17-13-15(11-12-19(17)20)14-7-3-2-4-8-14/h2-21H,1H3;2*2-17H,1H3;2*2-13H,1H3. The Balaban J connectivity index is 0.0000000992. The summed E-state index contributed by atoms with van der Waals surface area (Å²) in [6.07, 6.45) is 0. The molecule has 0 spiro atoms. The smallest absolute Gasteiger partial charge is 0.0541 e. The third-order valence-corrected chi connectivity index (χ3v) is 24.4. The van der Waals surface area contributed by atoms with E-state index in [1.807, 2.05) is 0 Å². The average molecular weight is 1590 g/mol. The molecular formula is C119H91N5. The predicted molar refractivity (Wildman–Crippen MR) is 530 cm³/mol. The highest BCUT2D eigenvalue weighted by molar-refractivity contribution is 6.15. The van der Waals surface area contributed by atoms with E-state index in [0.717, 1.165) is 0 Å². The molecule has 0 unspecified atom stereocenters. The first-order valence-electron chi connectivity index (χ1n) is 42.7. The molecule has 5 heterocycles. The van der Waals surface area contributed by atoms with Gasteiger partial charge in [0.1, 0.15) is 0 Å². The first-order valence-corrected chi connectivity index (χ1v) is 42.7. The van der Waals surface area contributed by atoms with E-state index in [1.54, 1.807) is 0 Å². The van der Waals surface area contributed by atoms with E-state index in [-0.39, 0.29) is 0 Å². The summed E-state index contributed by atoms with van der Waals surface area (Å²) in [7, 11) is 4.28. The van der Waals surface area contributed by atoms with Crippen LogP contribution in [-0.2, 0) is 14.1 Å². The number of nitrogens with zero attached hydrogens (tertiary/aromatic N) is 5. The predicted octanol–water partition coefficient (Wildman–Crippen LogP) is 31.9. The van der Waals surface area contributed by atoms with Crippen LogP contribution in [0.1, 0.15) is 16.7 Å². The van der Waals surface area contributed by atoms with Crippen molar-refractivity contribution in [3.63, 3.8) is 0 Å². The maximum Gasteiger partial charge on any atom is 0.0541 e. The first kappa shape index (κ1) is 76.8. The fraction of sp³-hybridized carbons (Fsp3) is 0.0420. The molecule has 0 fully saturated rings. The van der Waals surface area contributed by atoms with Crippen molar-refractivity contribution in [1.29, 1.82) is 0 Å². The van der Waals surface area contributed by atoms with Crippen molar-refractivity contribution in [2.45, 2.75) is 20.8 Å². The summed E-state index contributed by atoms with van der Waals surface area (Å²) in [5, 5.41) is 13.0. The highest BCUT2D eigenvalue weighted by atomic mass is 15.0. The van der Waals surface area contributed by atoms with Crippen LogP contribution in [0.2, 0.25) is 0 Å². The van der Waals surface area contributed by atoms with E-state index in [1.165, 1.54) is 210 Å². The van der Waals surface area contributed by atoms with Gasteiger partial charge in [0.25, 0.3) is 0 Å². The van der Waals surface area contributed by atoms with Crippen LogP contribution >= 0.6 is 0 Å². The van der Waals surface area contributed by atoms with Crippen LogP contribution in [0.4, 0.5) is 0 Å². The van der Waals surface area contributed by atoms with Crippen molar-refractivity contribution in [1.82, 2.24) is 22.8 Å². The Bertz CT molecular complexity index is 7720. The van der Waals surface area contributed by atoms with Crippen LogP contribution in [0.25, 0.3) is 193 Å². The number of rotatable bonds is 9. The van der Waals surface area contributed by atoms with Crippen LogP contribution in [0.15, 0.2) is 461 Å². The van der Waals surface area contributed by atoms with Gasteiger partial charge in [0.05, 0.1) is 33.1 Å². The summed E-state index contributed by atoms with van der Waals surface area (Å²) in [6, 6.07) is 165. The highest BCUT2D eigenvalue weighted by Crippen LogP contribution is 2.42. The van der Waals surface area contributed by atoms with Gasteiger partial charge < -0.3 is 22.8 Å². The maximum absolute atomic E-state index is 2.38. The number of aryl methyl sites for hydroxylation is 5. The molecule has 0 saturated carbocycles. The Labute approximate surface area is 723 Å². The van der Waals surface area contributed by atoms with Gasteiger partial charge in [-0.25, -0.2) is 0 Å². The van der Waals surface area contributed by atoms with Crippen molar-refractivity contribution >= 4 is 109 Å². The van der Waals surface area contributed by atoms with E-state index in [0.29, 0.717) is 0 Å². The second kappa shape index (κ2) is 33.8. The highest BCUT2D eigenvalue weighted by Gasteiger charge is 2.19. The summed E-state index contributed by atoms with van der Waals surface area (Å²) in [5.74, 6) is 0. The van der Waals surface area contributed by atoms with E-state index in [4.69, 9.17) is 0 Å². The zero-order valence-corrected chi connectivity index (χ0v) is 70.1. The van der Waals surface area contributed by atoms with Gasteiger partial charge in [-0.1, -0.05) is 339 Å². The molecule has 0 saturated heterocycles. The van der Waals surface area contributed by atoms with Crippen LogP contribution in [-0.4, -0.2) is 22.8 Å². The van der Waals surface area contributed by atoms with E-state index < -0.39 is 0 Å². The van der Waals surface area contributed by atoms with Gasteiger partial charge in [0.2, 0.25) is 0 Å². The molecule has 24 aromatic rings. The largest absolute Gasteiger partial charge is 0.344 e. The molecule has 0 aliphatic heterocycles. The van der Waals surface area contributed by atoms with Crippen LogP contribution in [0.3, 0.4) is 0 Å². The van der Waals surface area contributed by atoms with Gasteiger partial charge in [-0.2, -0.15) is 0 Å². The number of benzene rings is 19. The van der Waals surface area contributed by atoms with Crippen molar-refractivity contribution in [2.75, 3.05) is 0 Å². The molecule has 5 nitrogen and oxygen atoms in total. The Morgan fingerprint density at radius 1 is 0.129 bits per heavy atom. The SMILES string of the molecule is Cc1ccc(-n2c3ccc(-c4ccccc4)cc3c3cc(-c4ccccc4)ccc32)cc1.Cc1ccc(-n2c3ccccc3c3cc(-c4ccccc4)ccc32)cc1.Cc1cccc(-n2c3ccccc3c3ccccc32)c1.Cn1c2ccc(-c3ccccc3)cc2c2cc(-c3ccccc3)ccc21.Cn1c2ccccc2c2cc(-c3ccccc3)ccc21. The number of aromatic nitrogens is 5. The van der Waals surface area contributed by atoms with Crippen LogP contribution < -0.4 is 0 Å². The molecule has 24 rings (SSSR count). The number of para-hydroxylation sites is 4. The van der Waals surface area contributed by atoms with Crippen LogP contribution in [0.5, 0.6) is 0 Å². The van der Waals surface area contributed by atoms with Crippen molar-refractivity contribution in [2.24, 2.45) is 14.1 Å². The molecule has 19 aromatic carbocycles. The quantitative estimate of drug-likeness (QED) is 0.138. The molecule has 0 aliphatic carbocycles. The van der Waals surface area contributed by atoms with Crippen molar-refractivity contribution in [3.8, 4) is 83.8 Å². The summed E-state index contributed by atoms with van der Waals surface area (Å²) >= 11 is 0. The van der Waals surface area contributed by atoms with Gasteiger partial charge in [-0.15, -0.1) is 0 Å². The minimum Gasteiger partial charge on any atom is -0.344 e. The van der Waals surface area contributed by atoms with Crippen molar-refractivity contribution < 1.29 is 0 Å². The minimum absolute atomic E-state index is 1.19. The van der Waals surface area contributed by atoms with E-state index >= 15 is 0 Å². The Hall–Kier alpha value is -15.8. The lowest BCUT2D eigenvalue weighted by molar-refractivity contribution is 1.01. The molecular weight excluding hydrogens is 1500 g/mol. The maximum atomic E-state index is 2.38. The lowest BCUT2D eigenvalue weighted by Crippen LogP contribution is -1.93. The summed E-state index contributed by atoms with van der Waals surface area (Å²) in [4.78, 5) is 0. The third-order valence-electron chi connectivity index (χ3n) is 24.4. The molecule has 5 aromatic heterocycles. The van der Waals surface area contributed by atoms with Gasteiger partial charge in [0, 0.05) is 107 Å². The lowest BCUT2D eigenvalue weighted by atomic mass is 10.0. The van der Waals surface area contributed by atoms with E-state index in [2.05, 4.69) is 519 Å². The normalized spacial score (nSPS) is 11.3. The monoisotopic (exact) mass is 1590 g/mol. The fourth-order valence-electron chi connectivity index (χ4n) is 18.2. The minimum atomic E-state index is 1.19. The number of hydrogen-bond donors (Lipinski definition) is 0. The zero-order chi connectivity index (χ0) is 83.6. The molecule has 0 aliphatic rings.